The van der Waals surface area contributed by atoms with Crippen LogP contribution in [0.5, 0.6) is 11.5 Å². The van der Waals surface area contributed by atoms with E-state index >= 15 is 0 Å². The van der Waals surface area contributed by atoms with Crippen molar-refractivity contribution in [2.75, 3.05) is 20.7 Å². The summed E-state index contributed by atoms with van der Waals surface area (Å²) in [6, 6.07) is 4.83. The molecule has 4 heteroatoms. The Morgan fingerprint density at radius 2 is 2.23 bits per heavy atom. The molecular formula is C18H20ClNO2. The average Bonchev–Trinajstić information content (AvgIpc) is 2.88. The molecule has 2 heterocycles. The van der Waals surface area contributed by atoms with Crippen molar-refractivity contribution < 1.29 is 9.47 Å². The maximum absolute atomic E-state index is 6.66. The van der Waals surface area contributed by atoms with Gasteiger partial charge in [0.25, 0.3) is 0 Å². The first-order valence-corrected chi connectivity index (χ1v) is 8.50. The fourth-order valence-electron chi connectivity index (χ4n) is 5.36. The van der Waals surface area contributed by atoms with E-state index in [-0.39, 0.29) is 16.9 Å². The van der Waals surface area contributed by atoms with Gasteiger partial charge in [0, 0.05) is 22.9 Å². The number of alkyl halides is 1. The third-order valence-electron chi connectivity index (χ3n) is 6.32. The molecule has 1 fully saturated rings. The number of benzene rings is 1. The molecule has 4 aliphatic rings. The van der Waals surface area contributed by atoms with E-state index in [0.29, 0.717) is 12.0 Å². The van der Waals surface area contributed by atoms with E-state index < -0.39 is 0 Å². The lowest BCUT2D eigenvalue weighted by Crippen LogP contribution is -2.64. The number of hydrogen-bond acceptors (Lipinski definition) is 3. The highest BCUT2D eigenvalue weighted by Gasteiger charge is 2.64. The molecule has 0 unspecified atom stereocenters. The molecule has 3 nitrogen and oxygen atoms in total. The van der Waals surface area contributed by atoms with Gasteiger partial charge in [0.2, 0.25) is 0 Å². The van der Waals surface area contributed by atoms with Gasteiger partial charge in [0.05, 0.1) is 12.5 Å². The molecule has 1 aromatic carbocycles. The van der Waals surface area contributed by atoms with E-state index in [9.17, 15) is 0 Å². The van der Waals surface area contributed by atoms with Crippen molar-refractivity contribution in [3.63, 3.8) is 0 Å². The molecule has 2 aliphatic carbocycles. The van der Waals surface area contributed by atoms with Crippen molar-refractivity contribution in [1.29, 1.82) is 0 Å². The Kier molecular flexibility index (Phi) is 2.54. The fraction of sp³-hybridized carbons (Fsp3) is 0.556. The van der Waals surface area contributed by atoms with E-state index in [1.165, 1.54) is 11.1 Å². The molecule has 0 amide bonds. The van der Waals surface area contributed by atoms with Crippen LogP contribution in [0.15, 0.2) is 24.3 Å². The van der Waals surface area contributed by atoms with Gasteiger partial charge in [-0.3, -0.25) is 0 Å². The first-order valence-electron chi connectivity index (χ1n) is 8.06. The quantitative estimate of drug-likeness (QED) is 0.587. The fourth-order valence-corrected chi connectivity index (χ4v) is 5.72. The highest BCUT2D eigenvalue weighted by Crippen LogP contribution is 2.62. The minimum Gasteiger partial charge on any atom is -0.493 e. The zero-order valence-electron chi connectivity index (χ0n) is 12.9. The summed E-state index contributed by atoms with van der Waals surface area (Å²) < 4.78 is 12.0. The van der Waals surface area contributed by atoms with E-state index in [2.05, 4.69) is 36.2 Å². The summed E-state index contributed by atoms with van der Waals surface area (Å²) in [5.41, 5.74) is 2.85. The Morgan fingerprint density at radius 1 is 1.36 bits per heavy atom. The third-order valence-corrected chi connectivity index (χ3v) is 6.69. The topological polar surface area (TPSA) is 21.7 Å². The molecule has 1 aromatic rings. The second-order valence-corrected chi connectivity index (χ2v) is 7.57. The molecule has 2 bridgehead atoms. The summed E-state index contributed by atoms with van der Waals surface area (Å²) in [5, 5.41) is -0.0663. The number of piperidine rings is 1. The van der Waals surface area contributed by atoms with Crippen molar-refractivity contribution in [2.24, 2.45) is 5.92 Å². The first-order chi connectivity index (χ1) is 10.7. The number of hydrogen-bond donors (Lipinski definition) is 0. The minimum atomic E-state index is -0.0663. The number of likely N-dealkylation sites (N-methyl/N-ethyl adjacent to an activating group) is 1. The van der Waals surface area contributed by atoms with Crippen LogP contribution >= 0.6 is 11.6 Å². The summed E-state index contributed by atoms with van der Waals surface area (Å²) in [6.45, 7) is 1.11. The average molecular weight is 318 g/mol. The maximum atomic E-state index is 6.66. The monoisotopic (exact) mass is 317 g/mol. The van der Waals surface area contributed by atoms with Crippen molar-refractivity contribution in [2.45, 2.75) is 35.8 Å². The van der Waals surface area contributed by atoms with Gasteiger partial charge in [-0.05, 0) is 38.1 Å². The molecule has 0 saturated carbocycles. The van der Waals surface area contributed by atoms with Crippen LogP contribution in [0.3, 0.4) is 0 Å². The Labute approximate surface area is 135 Å². The lowest BCUT2D eigenvalue weighted by atomic mass is 9.53. The SMILES string of the molecule is COc1ccc2c3c1O[C@@H]1[C@@H](Cl)C=C[C@@H]4[C@@H](C2)N(C)CC[C@@]341. The van der Waals surface area contributed by atoms with Gasteiger partial charge in [0.1, 0.15) is 6.10 Å². The molecule has 5 atom stereocenters. The Balaban J connectivity index is 1.82. The molecule has 0 radical (unpaired) electrons. The van der Waals surface area contributed by atoms with Crippen molar-refractivity contribution >= 4 is 11.6 Å². The highest BCUT2D eigenvalue weighted by molar-refractivity contribution is 6.22. The second-order valence-electron chi connectivity index (χ2n) is 7.07. The van der Waals surface area contributed by atoms with Gasteiger partial charge in [-0.15, -0.1) is 11.6 Å². The van der Waals surface area contributed by atoms with Gasteiger partial charge in [0.15, 0.2) is 11.5 Å². The lowest BCUT2D eigenvalue weighted by Gasteiger charge is -2.56. The van der Waals surface area contributed by atoms with Crippen LogP contribution in [0.2, 0.25) is 0 Å². The maximum Gasteiger partial charge on any atom is 0.165 e. The number of nitrogens with zero attached hydrogens (tertiary/aromatic N) is 1. The summed E-state index contributed by atoms with van der Waals surface area (Å²) in [5.74, 6) is 2.29. The van der Waals surface area contributed by atoms with Crippen LogP contribution in [-0.4, -0.2) is 43.1 Å². The number of ether oxygens (including phenoxy) is 2. The van der Waals surface area contributed by atoms with Crippen LogP contribution in [0, 0.1) is 5.92 Å². The van der Waals surface area contributed by atoms with Gasteiger partial charge < -0.3 is 14.4 Å². The van der Waals surface area contributed by atoms with Crippen molar-refractivity contribution in [3.05, 3.63) is 35.4 Å². The smallest absolute Gasteiger partial charge is 0.165 e. The summed E-state index contributed by atoms with van der Waals surface area (Å²) in [4.78, 5) is 2.51. The molecule has 0 aromatic heterocycles. The minimum absolute atomic E-state index is 0.0331. The number of likely N-dealkylation sites (tertiary alicyclic amines) is 1. The predicted octanol–water partition coefficient (Wildman–Crippen LogP) is 2.75. The zero-order chi connectivity index (χ0) is 15.1. The Morgan fingerprint density at radius 3 is 3.05 bits per heavy atom. The summed E-state index contributed by atoms with van der Waals surface area (Å²) in [7, 11) is 3.97. The van der Waals surface area contributed by atoms with E-state index in [4.69, 9.17) is 21.1 Å². The largest absolute Gasteiger partial charge is 0.493 e. The molecule has 2 aliphatic heterocycles. The lowest BCUT2D eigenvalue weighted by molar-refractivity contribution is 0.00341. The number of rotatable bonds is 1. The van der Waals surface area contributed by atoms with Crippen molar-refractivity contribution in [1.82, 2.24) is 4.90 Å². The van der Waals surface area contributed by atoms with Gasteiger partial charge in [-0.2, -0.15) is 0 Å². The van der Waals surface area contributed by atoms with Gasteiger partial charge in [-0.25, -0.2) is 0 Å². The Hall–Kier alpha value is -1.19. The molecule has 116 valence electrons. The Bertz CT molecular complexity index is 688. The van der Waals surface area contributed by atoms with Crippen LogP contribution in [0.4, 0.5) is 0 Å². The van der Waals surface area contributed by atoms with E-state index in [0.717, 1.165) is 30.9 Å². The summed E-state index contributed by atoms with van der Waals surface area (Å²) >= 11 is 6.66. The van der Waals surface area contributed by atoms with Crippen LogP contribution in [-0.2, 0) is 11.8 Å². The molecule has 5 rings (SSSR count). The van der Waals surface area contributed by atoms with Crippen LogP contribution < -0.4 is 9.47 Å². The van der Waals surface area contributed by atoms with Crippen LogP contribution in [0.25, 0.3) is 0 Å². The second kappa shape index (κ2) is 4.21. The standard InChI is InChI=1S/C18H20ClNO2/c1-20-8-7-18-11-4-5-12(19)17(18)22-16-14(21-2)6-3-10(15(16)18)9-13(11)20/h3-6,11-13,17H,7-9H2,1-2H3/t11-,12+,13-,17-,18+/m1/s1. The van der Waals surface area contributed by atoms with Gasteiger partial charge >= 0.3 is 0 Å². The molecule has 0 N–H and O–H groups in total. The van der Waals surface area contributed by atoms with E-state index in [1.807, 2.05) is 0 Å². The molecule has 1 saturated heterocycles. The predicted molar refractivity (Wildman–Crippen MR) is 86.1 cm³/mol. The highest BCUT2D eigenvalue weighted by atomic mass is 35.5. The van der Waals surface area contributed by atoms with Gasteiger partial charge in [-0.1, -0.05) is 18.2 Å². The van der Waals surface area contributed by atoms with Crippen LogP contribution in [0.1, 0.15) is 17.5 Å². The zero-order valence-corrected chi connectivity index (χ0v) is 13.6. The molecular weight excluding hydrogens is 298 g/mol. The summed E-state index contributed by atoms with van der Waals surface area (Å²) in [6.07, 6.45) is 6.73. The first kappa shape index (κ1) is 13.3. The number of methoxy groups -OCH3 is 1. The molecule has 1 spiro atoms. The van der Waals surface area contributed by atoms with E-state index in [1.54, 1.807) is 7.11 Å². The third kappa shape index (κ3) is 1.34. The van der Waals surface area contributed by atoms with Crippen molar-refractivity contribution in [3.8, 4) is 11.5 Å². The molecule has 22 heavy (non-hydrogen) atoms. The normalized spacial score (nSPS) is 41.0. The number of halogens is 1.